The maximum absolute atomic E-state index is 13.0. The van der Waals surface area contributed by atoms with Gasteiger partial charge in [-0.2, -0.15) is 4.98 Å². The molecule has 2 heterocycles. The first-order chi connectivity index (χ1) is 11.6. The highest BCUT2D eigenvalue weighted by molar-refractivity contribution is 7.93. The molecule has 0 atom stereocenters. The van der Waals surface area contributed by atoms with Gasteiger partial charge in [0.25, 0.3) is 10.0 Å². The highest BCUT2D eigenvalue weighted by Gasteiger charge is 2.28. The second-order valence-electron chi connectivity index (χ2n) is 4.99. The molecule has 0 aliphatic heterocycles. The molecule has 0 N–H and O–H groups in total. The van der Waals surface area contributed by atoms with Crippen molar-refractivity contribution in [1.82, 2.24) is 15.1 Å². The molecule has 1 aromatic carbocycles. The lowest BCUT2D eigenvalue weighted by molar-refractivity contribution is 0.374. The maximum Gasteiger partial charge on any atom is 0.266 e. The predicted molar refractivity (Wildman–Crippen MR) is 90.2 cm³/mol. The topological polar surface area (TPSA) is 89.2 Å². The van der Waals surface area contributed by atoms with E-state index in [9.17, 15) is 8.42 Å². The summed E-state index contributed by atoms with van der Waals surface area (Å²) >= 11 is 1.23. The Morgan fingerprint density at radius 1 is 1.25 bits per heavy atom. The summed E-state index contributed by atoms with van der Waals surface area (Å²) in [6.45, 7) is 1.96. The number of anilines is 1. The first-order valence-electron chi connectivity index (χ1n) is 7.40. The molecule has 7 nitrogen and oxygen atoms in total. The van der Waals surface area contributed by atoms with Crippen LogP contribution in [-0.4, -0.2) is 23.5 Å². The molecule has 0 radical (unpaired) electrons. The van der Waals surface area contributed by atoms with Crippen LogP contribution in [0.3, 0.4) is 0 Å². The molecule has 0 aliphatic rings. The molecule has 24 heavy (non-hydrogen) atoms. The molecular weight excluding hydrogens is 348 g/mol. The number of rotatable bonds is 7. The number of benzene rings is 1. The molecule has 3 rings (SSSR count). The minimum atomic E-state index is -3.77. The van der Waals surface area contributed by atoms with Crippen LogP contribution in [0.5, 0.6) is 0 Å². The SMILES string of the molecule is CCCc1noc(CN(c2nccs2)S(=O)(=O)c2ccccc2)n1. The Labute approximate surface area is 144 Å². The van der Waals surface area contributed by atoms with Gasteiger partial charge in [-0.15, -0.1) is 11.3 Å². The molecule has 9 heteroatoms. The number of aromatic nitrogens is 3. The highest BCUT2D eigenvalue weighted by Crippen LogP contribution is 2.27. The number of aryl methyl sites for hydroxylation is 1. The van der Waals surface area contributed by atoms with Gasteiger partial charge in [0.05, 0.1) is 4.90 Å². The van der Waals surface area contributed by atoms with Crippen LogP contribution in [0.4, 0.5) is 5.13 Å². The minimum absolute atomic E-state index is 0.0541. The first-order valence-corrected chi connectivity index (χ1v) is 9.72. The van der Waals surface area contributed by atoms with Crippen LogP contribution in [0, 0.1) is 0 Å². The third-order valence-corrected chi connectivity index (χ3v) is 5.89. The van der Waals surface area contributed by atoms with Crippen LogP contribution in [0.25, 0.3) is 0 Å². The van der Waals surface area contributed by atoms with E-state index in [-0.39, 0.29) is 17.3 Å². The number of sulfonamides is 1. The van der Waals surface area contributed by atoms with Gasteiger partial charge in [-0.1, -0.05) is 30.3 Å². The minimum Gasteiger partial charge on any atom is -0.337 e. The maximum atomic E-state index is 13.0. The quantitative estimate of drug-likeness (QED) is 0.640. The third-order valence-electron chi connectivity index (χ3n) is 3.23. The fourth-order valence-corrected chi connectivity index (χ4v) is 4.38. The second kappa shape index (κ2) is 7.10. The zero-order valence-corrected chi connectivity index (χ0v) is 14.6. The van der Waals surface area contributed by atoms with Crippen LogP contribution in [0.15, 0.2) is 51.3 Å². The molecule has 0 aliphatic carbocycles. The van der Waals surface area contributed by atoms with Crippen molar-refractivity contribution in [2.75, 3.05) is 4.31 Å². The normalized spacial score (nSPS) is 11.5. The van der Waals surface area contributed by atoms with E-state index in [1.165, 1.54) is 15.6 Å². The van der Waals surface area contributed by atoms with Crippen molar-refractivity contribution >= 4 is 26.5 Å². The molecule has 0 fully saturated rings. The molecule has 0 amide bonds. The number of hydrogen-bond acceptors (Lipinski definition) is 7. The van der Waals surface area contributed by atoms with Gasteiger partial charge in [0, 0.05) is 18.0 Å². The van der Waals surface area contributed by atoms with Gasteiger partial charge < -0.3 is 4.52 Å². The van der Waals surface area contributed by atoms with Crippen LogP contribution >= 0.6 is 11.3 Å². The van der Waals surface area contributed by atoms with E-state index in [2.05, 4.69) is 15.1 Å². The zero-order valence-electron chi connectivity index (χ0n) is 13.0. The lowest BCUT2D eigenvalue weighted by Crippen LogP contribution is -2.30. The summed E-state index contributed by atoms with van der Waals surface area (Å²) in [4.78, 5) is 8.56. The van der Waals surface area contributed by atoms with Crippen molar-refractivity contribution in [1.29, 1.82) is 0 Å². The number of hydrogen-bond donors (Lipinski definition) is 0. The number of thiazole rings is 1. The molecule has 0 bridgehead atoms. The van der Waals surface area contributed by atoms with Crippen molar-refractivity contribution in [2.45, 2.75) is 31.2 Å². The van der Waals surface area contributed by atoms with Gasteiger partial charge in [0.1, 0.15) is 6.54 Å². The van der Waals surface area contributed by atoms with E-state index in [0.717, 1.165) is 6.42 Å². The van der Waals surface area contributed by atoms with Crippen molar-refractivity contribution in [3.8, 4) is 0 Å². The Bertz CT molecular complexity index is 877. The fourth-order valence-electron chi connectivity index (χ4n) is 2.12. The van der Waals surface area contributed by atoms with Gasteiger partial charge >= 0.3 is 0 Å². The summed E-state index contributed by atoms with van der Waals surface area (Å²) in [5.41, 5.74) is 0. The van der Waals surface area contributed by atoms with E-state index in [4.69, 9.17) is 4.52 Å². The lowest BCUT2D eigenvalue weighted by atomic mass is 10.3. The Kier molecular flexibility index (Phi) is 4.91. The molecule has 0 saturated carbocycles. The average molecular weight is 364 g/mol. The monoisotopic (exact) mass is 364 g/mol. The van der Waals surface area contributed by atoms with Crippen LogP contribution in [0.2, 0.25) is 0 Å². The molecule has 0 spiro atoms. The summed E-state index contributed by atoms with van der Waals surface area (Å²) in [7, 11) is -3.77. The standard InChI is InChI=1S/C15H16N4O3S2/c1-2-6-13-17-14(22-18-13)11-19(15-16-9-10-23-15)24(20,21)12-7-4-3-5-8-12/h3-5,7-10H,2,6,11H2,1H3. The van der Waals surface area contributed by atoms with Crippen molar-refractivity contribution in [2.24, 2.45) is 0 Å². The molecule has 3 aromatic rings. The highest BCUT2D eigenvalue weighted by atomic mass is 32.2. The van der Waals surface area contributed by atoms with E-state index in [1.54, 1.807) is 41.9 Å². The third kappa shape index (κ3) is 3.46. The van der Waals surface area contributed by atoms with E-state index in [1.807, 2.05) is 6.92 Å². The Morgan fingerprint density at radius 2 is 2.04 bits per heavy atom. The molecule has 0 saturated heterocycles. The van der Waals surface area contributed by atoms with Crippen LogP contribution in [-0.2, 0) is 23.0 Å². The summed E-state index contributed by atoms with van der Waals surface area (Å²) < 4.78 is 32.3. The first kappa shape index (κ1) is 16.6. The Hall–Kier alpha value is -2.26. The fraction of sp³-hybridized carbons (Fsp3) is 0.267. The van der Waals surface area contributed by atoms with Gasteiger partial charge in [-0.05, 0) is 18.6 Å². The molecule has 2 aromatic heterocycles. The van der Waals surface area contributed by atoms with E-state index >= 15 is 0 Å². The average Bonchev–Trinajstić information content (AvgIpc) is 3.25. The number of nitrogens with zero attached hydrogens (tertiary/aromatic N) is 4. The smallest absolute Gasteiger partial charge is 0.266 e. The largest absolute Gasteiger partial charge is 0.337 e. The summed E-state index contributed by atoms with van der Waals surface area (Å²) in [5, 5.41) is 5.95. The van der Waals surface area contributed by atoms with Gasteiger partial charge in [0.15, 0.2) is 11.0 Å². The van der Waals surface area contributed by atoms with Gasteiger partial charge in [-0.3, -0.25) is 0 Å². The summed E-state index contributed by atoms with van der Waals surface area (Å²) in [6.07, 6.45) is 3.13. The van der Waals surface area contributed by atoms with Crippen molar-refractivity contribution in [3.63, 3.8) is 0 Å². The molecule has 126 valence electrons. The Morgan fingerprint density at radius 3 is 2.71 bits per heavy atom. The van der Waals surface area contributed by atoms with Crippen LogP contribution < -0.4 is 4.31 Å². The van der Waals surface area contributed by atoms with Crippen LogP contribution in [0.1, 0.15) is 25.1 Å². The van der Waals surface area contributed by atoms with E-state index < -0.39 is 10.0 Å². The van der Waals surface area contributed by atoms with Crippen molar-refractivity contribution < 1.29 is 12.9 Å². The second-order valence-corrected chi connectivity index (χ2v) is 7.73. The lowest BCUT2D eigenvalue weighted by Gasteiger charge is -2.19. The van der Waals surface area contributed by atoms with Gasteiger partial charge in [-0.25, -0.2) is 17.7 Å². The summed E-state index contributed by atoms with van der Waals surface area (Å²) in [5.74, 6) is 0.817. The Balaban J connectivity index is 1.95. The zero-order chi connectivity index (χ0) is 17.0. The predicted octanol–water partition coefficient (Wildman–Crippen LogP) is 2.87. The van der Waals surface area contributed by atoms with Gasteiger partial charge in [0.2, 0.25) is 5.89 Å². The molecular formula is C15H16N4O3S2. The van der Waals surface area contributed by atoms with E-state index in [0.29, 0.717) is 17.4 Å². The molecule has 0 unspecified atom stereocenters. The van der Waals surface area contributed by atoms with Crippen molar-refractivity contribution in [3.05, 3.63) is 53.6 Å². The summed E-state index contributed by atoms with van der Waals surface area (Å²) in [6, 6.07) is 8.22.